The molecule has 1 aromatic rings. The number of carbonyl (C=O) groups is 1. The van der Waals surface area contributed by atoms with E-state index in [2.05, 4.69) is 5.10 Å². The number of amides is 1. The minimum absolute atomic E-state index is 0.0667. The molecule has 2 rings (SSSR count). The fourth-order valence-corrected chi connectivity index (χ4v) is 3.90. The molecule has 1 atom stereocenters. The zero-order chi connectivity index (χ0) is 14.2. The molecule has 0 aliphatic carbocycles. The summed E-state index contributed by atoms with van der Waals surface area (Å²) in [7, 11) is 0.292. The topological polar surface area (TPSA) is 98.3 Å². The monoisotopic (exact) mass is 286 g/mol. The maximum Gasteiger partial charge on any atom is 0.273 e. The van der Waals surface area contributed by atoms with Gasteiger partial charge in [0.05, 0.1) is 23.2 Å². The van der Waals surface area contributed by atoms with Crippen LogP contribution >= 0.6 is 0 Å². The summed E-state index contributed by atoms with van der Waals surface area (Å²) in [5.74, 6) is 0.0183. The Morgan fingerprint density at radius 2 is 2.26 bits per heavy atom. The number of aromatic nitrogens is 2. The highest BCUT2D eigenvalue weighted by atomic mass is 32.2. The second-order valence-electron chi connectivity index (χ2n) is 4.93. The van der Waals surface area contributed by atoms with Gasteiger partial charge in [-0.25, -0.2) is 8.42 Å². The quantitative estimate of drug-likeness (QED) is 0.800. The number of sulfone groups is 1. The van der Waals surface area contributed by atoms with E-state index in [0.717, 1.165) is 0 Å². The smallest absolute Gasteiger partial charge is 0.273 e. The summed E-state index contributed by atoms with van der Waals surface area (Å²) in [6, 6.07) is 1.42. The Labute approximate surface area is 112 Å². The lowest BCUT2D eigenvalue weighted by Crippen LogP contribution is -2.23. The van der Waals surface area contributed by atoms with Gasteiger partial charge in [-0.05, 0) is 12.5 Å². The van der Waals surface area contributed by atoms with Crippen molar-refractivity contribution in [2.45, 2.75) is 19.0 Å². The lowest BCUT2D eigenvalue weighted by Gasteiger charge is -2.12. The van der Waals surface area contributed by atoms with Crippen molar-refractivity contribution in [3.05, 3.63) is 17.5 Å². The zero-order valence-electron chi connectivity index (χ0n) is 11.0. The minimum atomic E-state index is -2.99. The van der Waals surface area contributed by atoms with Gasteiger partial charge in [0.25, 0.3) is 5.91 Å². The van der Waals surface area contributed by atoms with Crippen molar-refractivity contribution in [1.82, 2.24) is 14.7 Å². The van der Waals surface area contributed by atoms with Gasteiger partial charge in [-0.2, -0.15) is 5.10 Å². The summed E-state index contributed by atoms with van der Waals surface area (Å²) in [4.78, 5) is 13.3. The van der Waals surface area contributed by atoms with Crippen LogP contribution in [0.4, 0.5) is 0 Å². The van der Waals surface area contributed by atoms with Crippen LogP contribution in [0.3, 0.4) is 0 Å². The molecule has 106 valence electrons. The average molecular weight is 286 g/mol. The van der Waals surface area contributed by atoms with E-state index in [1.165, 1.54) is 4.90 Å². The number of hydrogen-bond acceptors (Lipinski definition) is 5. The third-order valence-electron chi connectivity index (χ3n) is 3.20. The summed E-state index contributed by atoms with van der Waals surface area (Å²) in [5.41, 5.74) is 6.63. The third-order valence-corrected chi connectivity index (χ3v) is 4.95. The molecule has 7 nitrogen and oxygen atoms in total. The summed E-state index contributed by atoms with van der Waals surface area (Å²) in [5, 5.41) is 4.23. The van der Waals surface area contributed by atoms with E-state index in [9.17, 15) is 13.2 Å². The molecule has 0 aromatic carbocycles. The Hall–Kier alpha value is -1.41. The molecule has 1 amide bonds. The number of nitrogens with two attached hydrogens (primary N) is 1. The summed E-state index contributed by atoms with van der Waals surface area (Å²) < 4.78 is 24.6. The molecule has 2 heterocycles. The second kappa shape index (κ2) is 4.93. The van der Waals surface area contributed by atoms with Crippen molar-refractivity contribution in [2.24, 2.45) is 5.73 Å². The van der Waals surface area contributed by atoms with Crippen LogP contribution in [0.5, 0.6) is 0 Å². The largest absolute Gasteiger partial charge is 0.343 e. The molecule has 0 spiro atoms. The van der Waals surface area contributed by atoms with Crippen molar-refractivity contribution in [2.75, 3.05) is 25.6 Å². The van der Waals surface area contributed by atoms with Gasteiger partial charge in [0, 0.05) is 20.6 Å². The second-order valence-corrected chi connectivity index (χ2v) is 7.15. The first-order valence-corrected chi connectivity index (χ1v) is 7.87. The Kier molecular flexibility index (Phi) is 3.64. The molecular formula is C11H18N4O3S. The lowest BCUT2D eigenvalue weighted by molar-refractivity contribution is 0.0821. The molecule has 8 heteroatoms. The van der Waals surface area contributed by atoms with E-state index in [-0.39, 0.29) is 30.0 Å². The fraction of sp³-hybridized carbons (Fsp3) is 0.636. The SMILES string of the molecule is CN(C)C(=O)c1cc(CN)n(C2CCS(=O)(=O)C2)n1. The molecule has 0 bridgehead atoms. The van der Waals surface area contributed by atoms with Crippen LogP contribution in [-0.4, -0.2) is 54.6 Å². The van der Waals surface area contributed by atoms with E-state index in [4.69, 9.17) is 5.73 Å². The minimum Gasteiger partial charge on any atom is -0.343 e. The normalized spacial score (nSPS) is 21.5. The van der Waals surface area contributed by atoms with E-state index >= 15 is 0 Å². The van der Waals surface area contributed by atoms with Crippen LogP contribution in [0, 0.1) is 0 Å². The average Bonchev–Trinajstić information content (AvgIpc) is 2.90. The van der Waals surface area contributed by atoms with Crippen LogP contribution in [0.15, 0.2) is 6.07 Å². The zero-order valence-corrected chi connectivity index (χ0v) is 11.9. The lowest BCUT2D eigenvalue weighted by atomic mass is 10.2. The van der Waals surface area contributed by atoms with Crippen molar-refractivity contribution >= 4 is 15.7 Å². The summed E-state index contributed by atoms with van der Waals surface area (Å²) in [6.07, 6.45) is 0.520. The number of hydrogen-bond donors (Lipinski definition) is 1. The van der Waals surface area contributed by atoms with Gasteiger partial charge in [-0.1, -0.05) is 0 Å². The molecule has 0 saturated carbocycles. The predicted octanol–water partition coefficient (Wildman–Crippen LogP) is -0.597. The van der Waals surface area contributed by atoms with Crippen molar-refractivity contribution < 1.29 is 13.2 Å². The van der Waals surface area contributed by atoms with Crippen LogP contribution in [0.1, 0.15) is 28.6 Å². The van der Waals surface area contributed by atoms with Gasteiger partial charge in [-0.15, -0.1) is 0 Å². The first-order chi connectivity index (χ1) is 8.84. The van der Waals surface area contributed by atoms with Gasteiger partial charge < -0.3 is 10.6 Å². The molecule has 1 aliphatic heterocycles. The van der Waals surface area contributed by atoms with Crippen LogP contribution in [0.2, 0.25) is 0 Å². The highest BCUT2D eigenvalue weighted by Gasteiger charge is 2.31. The molecule has 1 aliphatic rings. The van der Waals surface area contributed by atoms with Gasteiger partial charge in [0.15, 0.2) is 15.5 Å². The van der Waals surface area contributed by atoms with Crippen molar-refractivity contribution in [1.29, 1.82) is 0 Å². The Morgan fingerprint density at radius 3 is 2.74 bits per heavy atom. The molecule has 1 fully saturated rings. The molecule has 2 N–H and O–H groups in total. The van der Waals surface area contributed by atoms with Crippen LogP contribution in [0.25, 0.3) is 0 Å². The Bertz CT molecular complexity index is 591. The molecule has 0 radical (unpaired) electrons. The maximum absolute atomic E-state index is 11.9. The Morgan fingerprint density at radius 1 is 1.58 bits per heavy atom. The van der Waals surface area contributed by atoms with E-state index in [1.54, 1.807) is 24.8 Å². The fourth-order valence-electron chi connectivity index (χ4n) is 2.20. The van der Waals surface area contributed by atoms with Crippen LogP contribution in [-0.2, 0) is 16.4 Å². The van der Waals surface area contributed by atoms with E-state index in [1.807, 2.05) is 0 Å². The molecule has 1 aromatic heterocycles. The van der Waals surface area contributed by atoms with Crippen LogP contribution < -0.4 is 5.73 Å². The van der Waals surface area contributed by atoms with Gasteiger partial charge >= 0.3 is 0 Å². The predicted molar refractivity (Wildman–Crippen MR) is 70.4 cm³/mol. The maximum atomic E-state index is 11.9. The van der Waals surface area contributed by atoms with Gasteiger partial charge in [0.2, 0.25) is 0 Å². The summed E-state index contributed by atoms with van der Waals surface area (Å²) in [6.45, 7) is 0.226. The first-order valence-electron chi connectivity index (χ1n) is 6.04. The van der Waals surface area contributed by atoms with Crippen molar-refractivity contribution in [3.8, 4) is 0 Å². The summed E-state index contributed by atoms with van der Waals surface area (Å²) >= 11 is 0. The molecule has 19 heavy (non-hydrogen) atoms. The van der Waals surface area contributed by atoms with Gasteiger partial charge in [-0.3, -0.25) is 9.48 Å². The Balaban J connectivity index is 2.33. The molecule has 1 unspecified atom stereocenters. The standard InChI is InChI=1S/C11H18N4O3S/c1-14(2)11(16)10-5-9(6-12)15(13-10)8-3-4-19(17,18)7-8/h5,8H,3-4,6-7,12H2,1-2H3. The third kappa shape index (κ3) is 2.79. The van der Waals surface area contributed by atoms with E-state index < -0.39 is 9.84 Å². The van der Waals surface area contributed by atoms with Crippen molar-refractivity contribution in [3.63, 3.8) is 0 Å². The molecular weight excluding hydrogens is 268 g/mol. The highest BCUT2D eigenvalue weighted by molar-refractivity contribution is 7.91. The molecule has 1 saturated heterocycles. The number of carbonyl (C=O) groups excluding carboxylic acids is 1. The van der Waals surface area contributed by atoms with E-state index in [0.29, 0.717) is 17.8 Å². The van der Waals surface area contributed by atoms with Gasteiger partial charge in [0.1, 0.15) is 0 Å². The highest BCUT2D eigenvalue weighted by Crippen LogP contribution is 2.25. The first kappa shape index (κ1) is 14.0. The number of rotatable bonds is 3. The number of nitrogens with zero attached hydrogens (tertiary/aromatic N) is 3.